The van der Waals surface area contributed by atoms with Crippen LogP contribution in [0.15, 0.2) is 54.7 Å². The molecule has 0 aliphatic carbocycles. The lowest BCUT2D eigenvalue weighted by molar-refractivity contribution is 0.102. The van der Waals surface area contributed by atoms with Gasteiger partial charge in [-0.3, -0.25) is 19.8 Å². The Kier molecular flexibility index (Phi) is 4.74. The van der Waals surface area contributed by atoms with Gasteiger partial charge in [-0.15, -0.1) is 0 Å². The third-order valence-electron chi connectivity index (χ3n) is 6.01. The van der Waals surface area contributed by atoms with Gasteiger partial charge in [0.25, 0.3) is 5.91 Å². The van der Waals surface area contributed by atoms with Gasteiger partial charge in [-0.1, -0.05) is 6.07 Å². The van der Waals surface area contributed by atoms with Gasteiger partial charge in [0.2, 0.25) is 0 Å². The first-order chi connectivity index (χ1) is 15.3. The zero-order chi connectivity index (χ0) is 22.5. The van der Waals surface area contributed by atoms with E-state index in [9.17, 15) is 13.6 Å². The summed E-state index contributed by atoms with van der Waals surface area (Å²) in [5, 5.41) is 11.1. The number of aromatic nitrogens is 3. The second-order valence-electron chi connectivity index (χ2n) is 8.48. The molecule has 6 nitrogen and oxygen atoms in total. The van der Waals surface area contributed by atoms with Crippen molar-refractivity contribution in [3.8, 4) is 0 Å². The van der Waals surface area contributed by atoms with Gasteiger partial charge in [-0.25, -0.2) is 8.78 Å². The summed E-state index contributed by atoms with van der Waals surface area (Å²) in [5.74, 6) is -1.02. The lowest BCUT2D eigenvalue weighted by Gasteiger charge is -2.31. The highest BCUT2D eigenvalue weighted by Gasteiger charge is 2.41. The average molecular weight is 433 g/mol. The molecule has 2 aromatic carbocycles. The first kappa shape index (κ1) is 20.3. The number of nitrogens with zero attached hydrogens (tertiary/aromatic N) is 3. The van der Waals surface area contributed by atoms with Crippen molar-refractivity contribution in [1.29, 1.82) is 0 Å². The molecule has 2 N–H and O–H groups in total. The highest BCUT2D eigenvalue weighted by molar-refractivity contribution is 6.06. The third kappa shape index (κ3) is 3.52. The predicted molar refractivity (Wildman–Crippen MR) is 117 cm³/mol. The molecule has 5 rings (SSSR count). The number of amides is 1. The van der Waals surface area contributed by atoms with E-state index in [1.54, 1.807) is 18.3 Å². The molecule has 0 saturated carbocycles. The molecule has 2 aromatic heterocycles. The number of H-pyrrole nitrogens is 1. The van der Waals surface area contributed by atoms with E-state index in [4.69, 9.17) is 0 Å². The summed E-state index contributed by atoms with van der Waals surface area (Å²) in [6.07, 6.45) is 1.71. The van der Waals surface area contributed by atoms with E-state index in [0.29, 0.717) is 30.0 Å². The maximum atomic E-state index is 13.6. The fourth-order valence-corrected chi connectivity index (χ4v) is 4.25. The van der Waals surface area contributed by atoms with Crippen LogP contribution < -0.4 is 5.32 Å². The molecule has 0 bridgehead atoms. The van der Waals surface area contributed by atoms with Crippen LogP contribution >= 0.6 is 0 Å². The van der Waals surface area contributed by atoms with E-state index in [-0.39, 0.29) is 5.91 Å². The van der Waals surface area contributed by atoms with Crippen molar-refractivity contribution in [3.63, 3.8) is 0 Å². The Labute approximate surface area is 183 Å². The number of nitrogens with one attached hydrogen (secondary N) is 2. The molecular weight excluding hydrogens is 412 g/mol. The number of rotatable bonds is 4. The van der Waals surface area contributed by atoms with Gasteiger partial charge >= 0.3 is 0 Å². The van der Waals surface area contributed by atoms with Crippen molar-refractivity contribution in [2.75, 3.05) is 5.32 Å². The molecule has 162 valence electrons. The molecular formula is C24H21F2N5O. The second kappa shape index (κ2) is 7.49. The van der Waals surface area contributed by atoms with Crippen LogP contribution in [0.25, 0.3) is 10.9 Å². The number of anilines is 1. The molecule has 3 heterocycles. The van der Waals surface area contributed by atoms with Gasteiger partial charge < -0.3 is 5.32 Å². The minimum atomic E-state index is -0.601. The summed E-state index contributed by atoms with van der Waals surface area (Å²) in [5.41, 5.74) is 3.14. The lowest BCUT2D eigenvalue weighted by Crippen LogP contribution is -2.35. The van der Waals surface area contributed by atoms with Crippen LogP contribution in [-0.2, 0) is 18.6 Å². The molecule has 0 unspecified atom stereocenters. The number of benzene rings is 2. The average Bonchev–Trinajstić information content (AvgIpc) is 3.25. The molecule has 32 heavy (non-hydrogen) atoms. The molecule has 0 fully saturated rings. The first-order valence-electron chi connectivity index (χ1n) is 10.2. The number of carbonyl (C=O) groups excluding carboxylic acids is 1. The van der Waals surface area contributed by atoms with Crippen molar-refractivity contribution >= 4 is 22.6 Å². The first-order valence-corrected chi connectivity index (χ1v) is 10.2. The van der Waals surface area contributed by atoms with E-state index < -0.39 is 17.2 Å². The van der Waals surface area contributed by atoms with Crippen LogP contribution in [0.1, 0.15) is 41.0 Å². The van der Waals surface area contributed by atoms with Crippen molar-refractivity contribution < 1.29 is 13.6 Å². The molecule has 0 spiro atoms. The molecule has 1 aliphatic rings. The van der Waals surface area contributed by atoms with Crippen LogP contribution in [0.3, 0.4) is 0 Å². The van der Waals surface area contributed by atoms with Gasteiger partial charge in [-0.05, 0) is 55.8 Å². The molecule has 1 amide bonds. The Morgan fingerprint density at radius 3 is 2.72 bits per heavy atom. The zero-order valence-electron chi connectivity index (χ0n) is 17.6. The molecule has 0 atom stereocenters. The van der Waals surface area contributed by atoms with Gasteiger partial charge in [0, 0.05) is 41.9 Å². The largest absolute Gasteiger partial charge is 0.305 e. The van der Waals surface area contributed by atoms with Crippen molar-refractivity contribution in [2.24, 2.45) is 0 Å². The normalized spacial score (nSPS) is 15.1. The predicted octanol–water partition coefficient (Wildman–Crippen LogP) is 4.74. The number of hydrogen-bond acceptors (Lipinski definition) is 4. The highest BCUT2D eigenvalue weighted by Crippen LogP contribution is 2.41. The van der Waals surface area contributed by atoms with Crippen LogP contribution in [0, 0.1) is 11.6 Å². The van der Waals surface area contributed by atoms with E-state index >= 15 is 0 Å². The molecule has 0 saturated heterocycles. The van der Waals surface area contributed by atoms with Gasteiger partial charge in [-0.2, -0.15) is 5.10 Å². The highest BCUT2D eigenvalue weighted by atomic mass is 19.1. The Hall–Kier alpha value is -3.65. The van der Waals surface area contributed by atoms with Gasteiger partial charge in [0.05, 0.1) is 16.7 Å². The fraction of sp³-hybridized carbons (Fsp3) is 0.208. The van der Waals surface area contributed by atoms with Crippen LogP contribution in [0.4, 0.5) is 14.6 Å². The SMILES string of the molecule is CC1(C)c2[nH]nc(NC(=O)c3ccc4ncccc4c3)c2CN1Cc1cc(F)cc(F)c1. The van der Waals surface area contributed by atoms with Gasteiger partial charge in [0.15, 0.2) is 5.82 Å². The molecule has 4 aromatic rings. The minimum Gasteiger partial charge on any atom is -0.305 e. The fourth-order valence-electron chi connectivity index (χ4n) is 4.25. The van der Waals surface area contributed by atoms with Crippen molar-refractivity contribution in [1.82, 2.24) is 20.1 Å². The van der Waals surface area contributed by atoms with E-state index in [1.807, 2.05) is 32.0 Å². The number of aromatic amines is 1. The van der Waals surface area contributed by atoms with E-state index in [0.717, 1.165) is 28.2 Å². The zero-order valence-corrected chi connectivity index (χ0v) is 17.6. The number of pyridine rings is 1. The van der Waals surface area contributed by atoms with Gasteiger partial charge in [0.1, 0.15) is 11.6 Å². The van der Waals surface area contributed by atoms with Crippen LogP contribution in [-0.4, -0.2) is 26.0 Å². The van der Waals surface area contributed by atoms with E-state index in [2.05, 4.69) is 25.4 Å². The minimum absolute atomic E-state index is 0.270. The summed E-state index contributed by atoms with van der Waals surface area (Å²) in [6, 6.07) is 12.6. The standard InChI is InChI=1S/C24H21F2N5O/c1-24(2)21-19(13-31(24)12-14-8-17(25)11-18(26)9-14)22(30-29-21)28-23(32)16-5-6-20-15(10-16)4-3-7-27-20/h3-11H,12-13H2,1-2H3,(H2,28,29,30,32). The Morgan fingerprint density at radius 1 is 1.16 bits per heavy atom. The van der Waals surface area contributed by atoms with Crippen molar-refractivity contribution in [3.05, 3.63) is 88.7 Å². The van der Waals surface area contributed by atoms with Crippen molar-refractivity contribution in [2.45, 2.75) is 32.5 Å². The smallest absolute Gasteiger partial charge is 0.256 e. The topological polar surface area (TPSA) is 73.9 Å². The lowest BCUT2D eigenvalue weighted by atomic mass is 10.00. The van der Waals surface area contributed by atoms with Crippen LogP contribution in [0.5, 0.6) is 0 Å². The Balaban J connectivity index is 1.38. The summed E-state index contributed by atoms with van der Waals surface area (Å²) >= 11 is 0. The van der Waals surface area contributed by atoms with E-state index in [1.165, 1.54) is 12.1 Å². The Morgan fingerprint density at radius 2 is 1.94 bits per heavy atom. The molecule has 1 aliphatic heterocycles. The number of halogens is 2. The summed E-state index contributed by atoms with van der Waals surface area (Å²) in [4.78, 5) is 19.2. The quantitative estimate of drug-likeness (QED) is 0.488. The third-order valence-corrected chi connectivity index (χ3v) is 6.01. The summed E-state index contributed by atoms with van der Waals surface area (Å²) < 4.78 is 27.3. The molecule has 8 heteroatoms. The summed E-state index contributed by atoms with van der Waals surface area (Å²) in [6.45, 7) is 4.85. The Bertz CT molecular complexity index is 1330. The number of fused-ring (bicyclic) bond motifs is 2. The number of hydrogen-bond donors (Lipinski definition) is 2. The maximum Gasteiger partial charge on any atom is 0.256 e. The maximum absolute atomic E-state index is 13.6. The molecule has 0 radical (unpaired) electrons. The van der Waals surface area contributed by atoms with Crippen LogP contribution in [0.2, 0.25) is 0 Å². The second-order valence-corrected chi connectivity index (χ2v) is 8.48. The number of carbonyl (C=O) groups is 1. The monoisotopic (exact) mass is 433 g/mol. The summed E-state index contributed by atoms with van der Waals surface area (Å²) in [7, 11) is 0.